The largest absolute Gasteiger partial charge is 0.493 e. The second-order valence-corrected chi connectivity index (χ2v) is 4.43. The first-order chi connectivity index (χ1) is 8.92. The summed E-state index contributed by atoms with van der Waals surface area (Å²) in [5, 5.41) is 0. The van der Waals surface area contributed by atoms with Gasteiger partial charge in [0.05, 0.1) is 6.42 Å². The van der Waals surface area contributed by atoms with Crippen LogP contribution in [0.1, 0.15) is 16.7 Å². The Morgan fingerprint density at radius 2 is 1.67 bits per heavy atom. The molecule has 89 valence electrons. The Bertz CT molecular complexity index is 555. The molecule has 0 heterocycles. The Balaban J connectivity index is 1.64. The van der Waals surface area contributed by atoms with Gasteiger partial charge in [-0.1, -0.05) is 54.6 Å². The van der Waals surface area contributed by atoms with Crippen LogP contribution < -0.4 is 0 Å². The third-order valence-electron chi connectivity index (χ3n) is 3.12. The number of hydrogen-bond donors (Lipinski definition) is 0. The van der Waals surface area contributed by atoms with Crippen LogP contribution in [0.2, 0.25) is 0 Å². The smallest absolute Gasteiger partial charge is 0.113 e. The number of fused-ring (bicyclic) bond motifs is 1. The highest BCUT2D eigenvalue weighted by molar-refractivity contribution is 5.43. The van der Waals surface area contributed by atoms with Crippen molar-refractivity contribution in [2.75, 3.05) is 0 Å². The zero-order valence-electron chi connectivity index (χ0n) is 10.2. The maximum atomic E-state index is 5.83. The zero-order valence-corrected chi connectivity index (χ0v) is 10.2. The maximum absolute atomic E-state index is 5.83. The summed E-state index contributed by atoms with van der Waals surface area (Å²) in [6.07, 6.45) is 5.21. The monoisotopic (exact) mass is 235 g/mol. The molecule has 1 radical (unpaired) electrons. The molecule has 0 N–H and O–H groups in total. The van der Waals surface area contributed by atoms with Crippen LogP contribution in [0.15, 0.2) is 66.4 Å². The fourth-order valence-electron chi connectivity index (χ4n) is 2.13. The molecular weight excluding hydrogens is 220 g/mol. The summed E-state index contributed by atoms with van der Waals surface area (Å²) >= 11 is 0. The molecule has 3 rings (SSSR count). The summed E-state index contributed by atoms with van der Waals surface area (Å²) in [6, 6.07) is 18.7. The molecule has 0 saturated heterocycles. The van der Waals surface area contributed by atoms with E-state index >= 15 is 0 Å². The molecule has 0 bridgehead atoms. The SMILES string of the molecule is [CH]1C(OCc2ccccc2)=CCc2ccccc21. The predicted octanol–water partition coefficient (Wildman–Crippen LogP) is 3.90. The van der Waals surface area contributed by atoms with Crippen LogP contribution >= 0.6 is 0 Å². The Labute approximate surface area is 108 Å². The van der Waals surface area contributed by atoms with Crippen LogP contribution in [0.5, 0.6) is 0 Å². The molecule has 18 heavy (non-hydrogen) atoms. The molecule has 0 saturated carbocycles. The minimum Gasteiger partial charge on any atom is -0.493 e. The fraction of sp³-hybridized carbons (Fsp3) is 0.118. The highest BCUT2D eigenvalue weighted by Crippen LogP contribution is 2.23. The van der Waals surface area contributed by atoms with Crippen molar-refractivity contribution in [3.05, 3.63) is 89.5 Å². The summed E-state index contributed by atoms with van der Waals surface area (Å²) in [6.45, 7) is 0.630. The van der Waals surface area contributed by atoms with E-state index in [4.69, 9.17) is 4.74 Å². The van der Waals surface area contributed by atoms with E-state index in [1.54, 1.807) is 0 Å². The van der Waals surface area contributed by atoms with Gasteiger partial charge in [0, 0.05) is 0 Å². The molecule has 2 aromatic rings. The van der Waals surface area contributed by atoms with E-state index in [-0.39, 0.29) is 0 Å². The lowest BCUT2D eigenvalue weighted by molar-refractivity contribution is 0.204. The first-order valence-electron chi connectivity index (χ1n) is 6.21. The molecule has 0 spiro atoms. The molecule has 1 aliphatic carbocycles. The lowest BCUT2D eigenvalue weighted by Gasteiger charge is -2.17. The van der Waals surface area contributed by atoms with Gasteiger partial charge in [0.1, 0.15) is 12.4 Å². The van der Waals surface area contributed by atoms with Gasteiger partial charge in [0.2, 0.25) is 0 Å². The van der Waals surface area contributed by atoms with Gasteiger partial charge in [-0.05, 0) is 29.2 Å². The van der Waals surface area contributed by atoms with E-state index in [1.165, 1.54) is 16.7 Å². The summed E-state index contributed by atoms with van der Waals surface area (Å²) in [4.78, 5) is 0. The summed E-state index contributed by atoms with van der Waals surface area (Å²) < 4.78 is 5.83. The minimum atomic E-state index is 0.630. The fourth-order valence-corrected chi connectivity index (χ4v) is 2.13. The van der Waals surface area contributed by atoms with Crippen LogP contribution in [0, 0.1) is 6.42 Å². The van der Waals surface area contributed by atoms with Gasteiger partial charge in [-0.3, -0.25) is 0 Å². The molecule has 1 nitrogen and oxygen atoms in total. The van der Waals surface area contributed by atoms with Gasteiger partial charge in [-0.25, -0.2) is 0 Å². The minimum absolute atomic E-state index is 0.630. The van der Waals surface area contributed by atoms with Crippen LogP contribution in [-0.4, -0.2) is 0 Å². The van der Waals surface area contributed by atoms with E-state index in [0.29, 0.717) is 6.61 Å². The van der Waals surface area contributed by atoms with E-state index < -0.39 is 0 Å². The number of hydrogen-bond acceptors (Lipinski definition) is 1. The van der Waals surface area contributed by atoms with Crippen molar-refractivity contribution in [2.24, 2.45) is 0 Å². The normalized spacial score (nSPS) is 13.7. The van der Waals surface area contributed by atoms with E-state index in [0.717, 1.165) is 12.2 Å². The first-order valence-corrected chi connectivity index (χ1v) is 6.21. The van der Waals surface area contributed by atoms with Crippen molar-refractivity contribution >= 4 is 0 Å². The number of ether oxygens (including phenoxy) is 1. The number of benzene rings is 2. The maximum Gasteiger partial charge on any atom is 0.113 e. The van der Waals surface area contributed by atoms with E-state index in [2.05, 4.69) is 48.9 Å². The molecule has 0 atom stereocenters. The van der Waals surface area contributed by atoms with Crippen LogP contribution in [0.3, 0.4) is 0 Å². The number of rotatable bonds is 3. The second-order valence-electron chi connectivity index (χ2n) is 4.43. The highest BCUT2D eigenvalue weighted by atomic mass is 16.5. The average Bonchev–Trinajstić information content (AvgIpc) is 2.46. The molecule has 0 aromatic heterocycles. The summed E-state index contributed by atoms with van der Waals surface area (Å²) in [7, 11) is 0. The van der Waals surface area contributed by atoms with Crippen molar-refractivity contribution in [3.63, 3.8) is 0 Å². The molecular formula is C17H15O. The van der Waals surface area contributed by atoms with Crippen molar-refractivity contribution < 1.29 is 4.74 Å². The topological polar surface area (TPSA) is 9.23 Å². The molecule has 1 aliphatic rings. The first kappa shape index (κ1) is 11.1. The van der Waals surface area contributed by atoms with Gasteiger partial charge < -0.3 is 4.74 Å². The molecule has 0 unspecified atom stereocenters. The molecule has 1 heteroatoms. The van der Waals surface area contributed by atoms with E-state index in [9.17, 15) is 0 Å². The predicted molar refractivity (Wildman–Crippen MR) is 72.9 cm³/mol. The molecule has 2 aromatic carbocycles. The van der Waals surface area contributed by atoms with Crippen LogP contribution in [0.4, 0.5) is 0 Å². The van der Waals surface area contributed by atoms with Gasteiger partial charge >= 0.3 is 0 Å². The highest BCUT2D eigenvalue weighted by Gasteiger charge is 2.11. The van der Waals surface area contributed by atoms with Crippen molar-refractivity contribution in [3.8, 4) is 0 Å². The Morgan fingerprint density at radius 1 is 0.889 bits per heavy atom. The van der Waals surface area contributed by atoms with Crippen LogP contribution in [0.25, 0.3) is 0 Å². The molecule has 0 aliphatic heterocycles. The van der Waals surface area contributed by atoms with Crippen molar-refractivity contribution in [1.29, 1.82) is 0 Å². The summed E-state index contributed by atoms with van der Waals surface area (Å²) in [5.74, 6) is 0.970. The van der Waals surface area contributed by atoms with Gasteiger partial charge in [-0.2, -0.15) is 0 Å². The van der Waals surface area contributed by atoms with Crippen LogP contribution in [-0.2, 0) is 17.8 Å². The third kappa shape index (κ3) is 2.45. The van der Waals surface area contributed by atoms with Crippen molar-refractivity contribution in [2.45, 2.75) is 13.0 Å². The van der Waals surface area contributed by atoms with Crippen molar-refractivity contribution in [1.82, 2.24) is 0 Å². The Kier molecular flexibility index (Phi) is 3.14. The Hall–Kier alpha value is -2.02. The zero-order chi connectivity index (χ0) is 12.2. The average molecular weight is 235 g/mol. The lowest BCUT2D eigenvalue weighted by Crippen LogP contribution is -2.04. The standard InChI is InChI=1S/C17H15O/c1-2-6-14(7-3-1)13-18-17-11-10-15-8-4-5-9-16(15)12-17/h1-9,11-12H,10,13H2. The summed E-state index contributed by atoms with van der Waals surface area (Å²) in [5.41, 5.74) is 3.83. The quantitative estimate of drug-likeness (QED) is 0.784. The second kappa shape index (κ2) is 5.09. The third-order valence-corrected chi connectivity index (χ3v) is 3.12. The lowest BCUT2D eigenvalue weighted by atomic mass is 9.96. The van der Waals surface area contributed by atoms with Gasteiger partial charge in [0.25, 0.3) is 0 Å². The number of allylic oxidation sites excluding steroid dienone is 2. The van der Waals surface area contributed by atoms with Gasteiger partial charge in [0.15, 0.2) is 0 Å². The Morgan fingerprint density at radius 3 is 2.56 bits per heavy atom. The van der Waals surface area contributed by atoms with E-state index in [1.807, 2.05) is 18.2 Å². The molecule has 0 amide bonds. The molecule has 0 fully saturated rings. The van der Waals surface area contributed by atoms with Gasteiger partial charge in [-0.15, -0.1) is 0 Å².